The van der Waals surface area contributed by atoms with Gasteiger partial charge in [-0.25, -0.2) is 9.18 Å². The van der Waals surface area contributed by atoms with E-state index >= 15 is 0 Å². The van der Waals surface area contributed by atoms with Gasteiger partial charge in [0.2, 0.25) is 0 Å². The topological polar surface area (TPSA) is 111 Å². The predicted molar refractivity (Wildman–Crippen MR) is 54.5 cm³/mol. The van der Waals surface area contributed by atoms with Crippen LogP contribution in [0.4, 0.5) is 10.2 Å². The minimum atomic E-state index is -0.905. The van der Waals surface area contributed by atoms with Crippen molar-refractivity contribution >= 4 is 5.82 Å². The van der Waals surface area contributed by atoms with Crippen LogP contribution in [0.1, 0.15) is 12.6 Å². The number of rotatable bonds is 2. The van der Waals surface area contributed by atoms with Gasteiger partial charge in [-0.2, -0.15) is 4.98 Å². The Morgan fingerprint density at radius 3 is 3.00 bits per heavy atom. The molecule has 94 valence electrons. The summed E-state index contributed by atoms with van der Waals surface area (Å²) in [5.41, 5.74) is 4.38. The van der Waals surface area contributed by atoms with Crippen molar-refractivity contribution in [1.29, 1.82) is 0 Å². The summed E-state index contributed by atoms with van der Waals surface area (Å²) in [4.78, 5) is 14.7. The van der Waals surface area contributed by atoms with E-state index in [2.05, 4.69) is 4.98 Å². The van der Waals surface area contributed by atoms with Crippen LogP contribution < -0.4 is 11.4 Å². The summed E-state index contributed by atoms with van der Waals surface area (Å²) < 4.78 is 19.3. The lowest BCUT2D eigenvalue weighted by Crippen LogP contribution is -2.29. The number of ether oxygens (including phenoxy) is 1. The van der Waals surface area contributed by atoms with E-state index in [0.717, 1.165) is 10.8 Å². The first-order valence-electron chi connectivity index (χ1n) is 5.01. The summed E-state index contributed by atoms with van der Waals surface area (Å²) in [6.07, 6.45) is -1.58. The fourth-order valence-corrected chi connectivity index (χ4v) is 1.71. The van der Waals surface area contributed by atoms with Gasteiger partial charge >= 0.3 is 5.69 Å². The number of hydrogen-bond donors (Lipinski definition) is 3. The van der Waals surface area contributed by atoms with Crippen molar-refractivity contribution in [1.82, 2.24) is 9.55 Å². The minimum absolute atomic E-state index is 0.0795. The molecule has 2 rings (SSSR count). The second-order valence-electron chi connectivity index (χ2n) is 3.78. The largest absolute Gasteiger partial charge is 0.394 e. The highest BCUT2D eigenvalue weighted by Crippen LogP contribution is 2.27. The Kier molecular flexibility index (Phi) is 3.09. The van der Waals surface area contributed by atoms with Crippen LogP contribution >= 0.6 is 0 Å². The van der Waals surface area contributed by atoms with E-state index in [1.54, 1.807) is 0 Å². The smallest absolute Gasteiger partial charge is 0.351 e. The quantitative estimate of drug-likeness (QED) is 0.591. The summed E-state index contributed by atoms with van der Waals surface area (Å²) >= 11 is 0. The van der Waals surface area contributed by atoms with Crippen molar-refractivity contribution in [3.05, 3.63) is 22.5 Å². The Bertz CT molecular complexity index is 478. The summed E-state index contributed by atoms with van der Waals surface area (Å²) in [5.74, 6) is -1.32. The second-order valence-corrected chi connectivity index (χ2v) is 3.78. The Labute approximate surface area is 95.3 Å². The van der Waals surface area contributed by atoms with Gasteiger partial charge in [0.05, 0.1) is 18.9 Å². The number of nitrogens with zero attached hydrogens (tertiary/aromatic N) is 2. The molecule has 1 aliphatic rings. The van der Waals surface area contributed by atoms with Crippen LogP contribution in [0.3, 0.4) is 0 Å². The molecule has 1 unspecified atom stereocenters. The molecule has 17 heavy (non-hydrogen) atoms. The molecule has 2 heterocycles. The Balaban J connectivity index is 2.30. The molecule has 4 N–H and O–H groups in total. The van der Waals surface area contributed by atoms with E-state index < -0.39 is 35.8 Å². The molecule has 0 spiro atoms. The zero-order valence-electron chi connectivity index (χ0n) is 8.78. The maximum absolute atomic E-state index is 13.2. The molecule has 8 heteroatoms. The van der Waals surface area contributed by atoms with Crippen LogP contribution in [0.15, 0.2) is 11.0 Å². The third kappa shape index (κ3) is 2.14. The highest BCUT2D eigenvalue weighted by Gasteiger charge is 2.35. The molecule has 1 aliphatic heterocycles. The summed E-state index contributed by atoms with van der Waals surface area (Å²) in [6.45, 7) is -0.378. The second kappa shape index (κ2) is 4.40. The van der Waals surface area contributed by atoms with Crippen molar-refractivity contribution in [2.24, 2.45) is 0 Å². The molecule has 0 amide bonds. The van der Waals surface area contributed by atoms with E-state index in [1.165, 1.54) is 0 Å². The van der Waals surface area contributed by atoms with Crippen molar-refractivity contribution in [2.75, 3.05) is 12.3 Å². The maximum atomic E-state index is 13.2. The average molecular weight is 245 g/mol. The number of anilines is 1. The van der Waals surface area contributed by atoms with Crippen LogP contribution in [0.5, 0.6) is 0 Å². The fourth-order valence-electron chi connectivity index (χ4n) is 1.71. The lowest BCUT2D eigenvalue weighted by Gasteiger charge is -2.14. The number of aliphatic hydroxyl groups excluding tert-OH is 2. The first-order valence-corrected chi connectivity index (χ1v) is 5.01. The lowest BCUT2D eigenvalue weighted by atomic mass is 10.2. The molecular formula is C9H12FN3O4. The van der Waals surface area contributed by atoms with Gasteiger partial charge < -0.3 is 20.7 Å². The Hall–Kier alpha value is -1.51. The number of nitrogen functional groups attached to an aromatic ring is 1. The van der Waals surface area contributed by atoms with E-state index in [1.807, 2.05) is 0 Å². The highest BCUT2D eigenvalue weighted by molar-refractivity contribution is 5.26. The third-order valence-electron chi connectivity index (χ3n) is 2.63. The van der Waals surface area contributed by atoms with Gasteiger partial charge in [-0.15, -0.1) is 0 Å². The molecule has 3 atom stereocenters. The van der Waals surface area contributed by atoms with Crippen LogP contribution in [0, 0.1) is 5.82 Å². The number of hydrogen-bond acceptors (Lipinski definition) is 6. The lowest BCUT2D eigenvalue weighted by molar-refractivity contribution is -0.0461. The molecule has 1 fully saturated rings. The van der Waals surface area contributed by atoms with Gasteiger partial charge in [0.1, 0.15) is 12.3 Å². The number of aromatic nitrogens is 2. The SMILES string of the molecule is Nc1nc(=O)n([C@H]2C[C@@H](O)C(CO)O2)cc1F. The monoisotopic (exact) mass is 245 g/mol. The van der Waals surface area contributed by atoms with Crippen molar-refractivity contribution < 1.29 is 19.3 Å². The molecule has 0 bridgehead atoms. The Morgan fingerprint density at radius 2 is 2.41 bits per heavy atom. The third-order valence-corrected chi connectivity index (χ3v) is 2.63. The first kappa shape index (κ1) is 12.0. The molecule has 1 saturated heterocycles. The average Bonchev–Trinajstić information content (AvgIpc) is 2.65. The summed E-state index contributed by atoms with van der Waals surface area (Å²) in [5, 5.41) is 18.4. The summed E-state index contributed by atoms with van der Waals surface area (Å²) in [6, 6.07) is 0. The van der Waals surface area contributed by atoms with E-state index in [9.17, 15) is 14.3 Å². The van der Waals surface area contributed by atoms with Gasteiger partial charge in [-0.05, 0) is 0 Å². The van der Waals surface area contributed by atoms with Gasteiger partial charge in [0.15, 0.2) is 11.6 Å². The molecule has 1 aromatic rings. The van der Waals surface area contributed by atoms with E-state index in [0.29, 0.717) is 0 Å². The zero-order chi connectivity index (χ0) is 12.6. The van der Waals surface area contributed by atoms with Gasteiger partial charge in [-0.1, -0.05) is 0 Å². The Morgan fingerprint density at radius 1 is 1.71 bits per heavy atom. The van der Waals surface area contributed by atoms with Crippen molar-refractivity contribution in [3.63, 3.8) is 0 Å². The first-order chi connectivity index (χ1) is 8.02. The standard InChI is InChI=1S/C9H12FN3O4/c10-4-2-13(9(16)12-8(4)11)7-1-5(15)6(3-14)17-7/h2,5-7,14-15H,1,3H2,(H2,11,12,16)/t5-,6?,7-/m1/s1. The van der Waals surface area contributed by atoms with Crippen LogP contribution in [-0.4, -0.2) is 38.6 Å². The van der Waals surface area contributed by atoms with Crippen LogP contribution in [0.25, 0.3) is 0 Å². The molecule has 7 nitrogen and oxygen atoms in total. The maximum Gasteiger partial charge on any atom is 0.351 e. The molecule has 1 aromatic heterocycles. The van der Waals surface area contributed by atoms with Crippen molar-refractivity contribution in [2.45, 2.75) is 24.9 Å². The van der Waals surface area contributed by atoms with Crippen molar-refractivity contribution in [3.8, 4) is 0 Å². The molecule has 0 aromatic carbocycles. The van der Waals surface area contributed by atoms with Gasteiger partial charge in [0.25, 0.3) is 0 Å². The van der Waals surface area contributed by atoms with Gasteiger partial charge in [0, 0.05) is 6.42 Å². The fraction of sp³-hybridized carbons (Fsp3) is 0.556. The number of aliphatic hydroxyl groups is 2. The molecule has 0 aliphatic carbocycles. The number of nitrogens with two attached hydrogens (primary N) is 1. The zero-order valence-corrected chi connectivity index (χ0v) is 8.78. The van der Waals surface area contributed by atoms with Crippen LogP contribution in [0.2, 0.25) is 0 Å². The minimum Gasteiger partial charge on any atom is -0.394 e. The highest BCUT2D eigenvalue weighted by atomic mass is 19.1. The normalized spacial score (nSPS) is 28.5. The summed E-state index contributed by atoms with van der Waals surface area (Å²) in [7, 11) is 0. The van der Waals surface area contributed by atoms with Crippen LogP contribution in [-0.2, 0) is 4.74 Å². The van der Waals surface area contributed by atoms with Gasteiger partial charge in [-0.3, -0.25) is 4.57 Å². The van der Waals surface area contributed by atoms with E-state index in [4.69, 9.17) is 15.6 Å². The molecule has 0 radical (unpaired) electrons. The number of halogens is 1. The predicted octanol–water partition coefficient (Wildman–Crippen LogP) is -1.39. The van der Waals surface area contributed by atoms with E-state index in [-0.39, 0.29) is 13.0 Å². The molecular weight excluding hydrogens is 233 g/mol. The molecule has 0 saturated carbocycles.